The van der Waals surface area contributed by atoms with E-state index in [9.17, 15) is 4.79 Å². The highest BCUT2D eigenvalue weighted by Crippen LogP contribution is 2.03. The smallest absolute Gasteiger partial charge is 0.247 e. The molecule has 0 aliphatic rings. The Kier molecular flexibility index (Phi) is 2.33. The van der Waals surface area contributed by atoms with Crippen LogP contribution in [0.15, 0.2) is 5.38 Å². The molecule has 1 heterocycles. The van der Waals surface area contributed by atoms with Crippen LogP contribution in [0.3, 0.4) is 0 Å². The number of nitrogens with zero attached hydrogens (tertiary/aromatic N) is 3. The Morgan fingerprint density at radius 2 is 2.70 bits per heavy atom. The van der Waals surface area contributed by atoms with Gasteiger partial charge in [0.1, 0.15) is 0 Å². The van der Waals surface area contributed by atoms with Crippen LogP contribution in [0.2, 0.25) is 0 Å². The first kappa shape index (κ1) is 7.14. The van der Waals surface area contributed by atoms with E-state index < -0.39 is 0 Å². The third-order valence-electron chi connectivity index (χ3n) is 0.890. The molecule has 0 saturated heterocycles. The molecule has 0 atom stereocenters. The zero-order valence-corrected chi connectivity index (χ0v) is 6.26. The number of carbonyl (C=O) groups is 1. The lowest BCUT2D eigenvalue weighted by Gasteiger charge is -1.89. The fourth-order valence-corrected chi connectivity index (χ4v) is 0.787. The third kappa shape index (κ3) is 1.77. The van der Waals surface area contributed by atoms with E-state index in [0.29, 0.717) is 12.2 Å². The molecule has 0 unspecified atom stereocenters. The van der Waals surface area contributed by atoms with Gasteiger partial charge in [0.15, 0.2) is 5.82 Å². The van der Waals surface area contributed by atoms with E-state index in [1.165, 1.54) is 11.5 Å². The largest absolute Gasteiger partial charge is 0.273 e. The summed E-state index contributed by atoms with van der Waals surface area (Å²) in [6.07, 6.45) is 0.414. The molecule has 1 aromatic heterocycles. The molecule has 0 aliphatic heterocycles. The van der Waals surface area contributed by atoms with E-state index in [1.807, 2.05) is 0 Å². The van der Waals surface area contributed by atoms with Gasteiger partial charge in [0.05, 0.1) is 5.38 Å². The molecule has 53 valence electrons. The monoisotopic (exact) mass is 156 g/mol. The topological polar surface area (TPSA) is 57.0 Å². The lowest BCUT2D eigenvalue weighted by Crippen LogP contribution is -2.08. The summed E-state index contributed by atoms with van der Waals surface area (Å²) in [6.45, 7) is 1.76. The minimum absolute atomic E-state index is 0.160. The maximum absolute atomic E-state index is 10.6. The van der Waals surface area contributed by atoms with Gasteiger partial charge in [-0.25, -0.2) is 0 Å². The molecular weight excluding hydrogens is 150 g/mol. The maximum atomic E-state index is 10.6. The summed E-state index contributed by atoms with van der Waals surface area (Å²) >= 11 is 1.18. The van der Waals surface area contributed by atoms with Crippen molar-refractivity contribution in [1.82, 2.24) is 14.9 Å². The lowest BCUT2D eigenvalue weighted by atomic mass is 10.4. The molecule has 1 rings (SSSR count). The molecule has 0 spiro atoms. The summed E-state index contributed by atoms with van der Waals surface area (Å²) in [4.78, 5) is 10.6. The van der Waals surface area contributed by atoms with Gasteiger partial charge in [-0.1, -0.05) is 11.4 Å². The summed E-state index contributed by atoms with van der Waals surface area (Å²) in [5.74, 6) is 0.254. The van der Waals surface area contributed by atoms with Crippen LogP contribution in [0.25, 0.3) is 0 Å². The average molecular weight is 156 g/mol. The molecule has 5 heteroatoms. The van der Waals surface area contributed by atoms with Gasteiger partial charge in [0.25, 0.3) is 0 Å². The standard InChI is InChI=1S/C5H6N3OS/c1-2-5(9)6-4-3-10-8-7-4/h3H,2H2,1H3. The van der Waals surface area contributed by atoms with E-state index in [4.69, 9.17) is 0 Å². The molecule has 10 heavy (non-hydrogen) atoms. The zero-order chi connectivity index (χ0) is 7.40. The fourth-order valence-electron chi connectivity index (χ4n) is 0.415. The molecule has 0 aliphatic carbocycles. The van der Waals surface area contributed by atoms with Gasteiger partial charge in [-0.05, 0) is 11.5 Å². The molecule has 0 saturated carbocycles. The highest BCUT2D eigenvalue weighted by molar-refractivity contribution is 7.03. The van der Waals surface area contributed by atoms with Crippen molar-refractivity contribution in [2.24, 2.45) is 0 Å². The van der Waals surface area contributed by atoms with Gasteiger partial charge in [-0.2, -0.15) is 5.32 Å². The predicted octanol–water partition coefficient (Wildman–Crippen LogP) is 0.711. The first-order valence-corrected chi connectivity index (χ1v) is 3.68. The highest BCUT2D eigenvalue weighted by atomic mass is 32.1. The predicted molar refractivity (Wildman–Crippen MR) is 37.0 cm³/mol. The molecule has 1 radical (unpaired) electrons. The van der Waals surface area contributed by atoms with Crippen LogP contribution < -0.4 is 5.32 Å². The second kappa shape index (κ2) is 3.26. The Hall–Kier alpha value is -0.970. The molecule has 0 aromatic carbocycles. The van der Waals surface area contributed by atoms with Crippen LogP contribution >= 0.6 is 11.5 Å². The van der Waals surface area contributed by atoms with E-state index in [1.54, 1.807) is 12.3 Å². The van der Waals surface area contributed by atoms with Crippen LogP contribution in [0.5, 0.6) is 0 Å². The summed E-state index contributed by atoms with van der Waals surface area (Å²) in [5, 5.41) is 8.85. The Labute approximate surface area is 62.4 Å². The third-order valence-corrected chi connectivity index (χ3v) is 1.38. The summed E-state index contributed by atoms with van der Waals surface area (Å²) in [7, 11) is 0. The summed E-state index contributed by atoms with van der Waals surface area (Å²) in [6, 6.07) is 0. The minimum Gasteiger partial charge on any atom is -0.273 e. The highest BCUT2D eigenvalue weighted by Gasteiger charge is 2.02. The number of hydrogen-bond acceptors (Lipinski definition) is 4. The van der Waals surface area contributed by atoms with Crippen LogP contribution in [-0.4, -0.2) is 15.5 Å². The van der Waals surface area contributed by atoms with Gasteiger partial charge >= 0.3 is 0 Å². The number of aromatic nitrogens is 2. The Morgan fingerprint density at radius 1 is 1.90 bits per heavy atom. The maximum Gasteiger partial charge on any atom is 0.247 e. The van der Waals surface area contributed by atoms with Crippen LogP contribution in [0.4, 0.5) is 5.82 Å². The molecule has 1 amide bonds. The minimum atomic E-state index is -0.160. The van der Waals surface area contributed by atoms with Crippen LogP contribution in [-0.2, 0) is 4.79 Å². The second-order valence-electron chi connectivity index (χ2n) is 1.62. The molecule has 0 N–H and O–H groups in total. The van der Waals surface area contributed by atoms with E-state index in [-0.39, 0.29) is 5.91 Å². The second-order valence-corrected chi connectivity index (χ2v) is 2.23. The van der Waals surface area contributed by atoms with Crippen molar-refractivity contribution in [3.63, 3.8) is 0 Å². The fraction of sp³-hybridized carbons (Fsp3) is 0.400. The van der Waals surface area contributed by atoms with Crippen molar-refractivity contribution < 1.29 is 4.79 Å². The van der Waals surface area contributed by atoms with E-state index in [2.05, 4.69) is 14.9 Å². The average Bonchev–Trinajstić information content (AvgIpc) is 2.40. The van der Waals surface area contributed by atoms with Crippen LogP contribution in [0.1, 0.15) is 13.3 Å². The Balaban J connectivity index is 2.48. The van der Waals surface area contributed by atoms with Gasteiger partial charge in [-0.3, -0.25) is 4.79 Å². The number of rotatable bonds is 2. The van der Waals surface area contributed by atoms with Crippen molar-refractivity contribution in [3.05, 3.63) is 5.38 Å². The number of carbonyl (C=O) groups excluding carboxylic acids is 1. The van der Waals surface area contributed by atoms with Crippen molar-refractivity contribution in [2.45, 2.75) is 13.3 Å². The molecular formula is C5H6N3OS. The van der Waals surface area contributed by atoms with Crippen molar-refractivity contribution in [3.8, 4) is 0 Å². The molecule has 1 aromatic rings. The van der Waals surface area contributed by atoms with Crippen molar-refractivity contribution in [1.29, 1.82) is 0 Å². The van der Waals surface area contributed by atoms with Crippen LogP contribution in [0, 0.1) is 0 Å². The first-order chi connectivity index (χ1) is 4.83. The summed E-state index contributed by atoms with van der Waals surface area (Å²) < 4.78 is 3.56. The molecule has 4 nitrogen and oxygen atoms in total. The zero-order valence-electron chi connectivity index (χ0n) is 5.44. The van der Waals surface area contributed by atoms with Gasteiger partial charge in [0.2, 0.25) is 5.91 Å². The quantitative estimate of drug-likeness (QED) is 0.633. The number of amides is 1. The van der Waals surface area contributed by atoms with Gasteiger partial charge in [-0.15, -0.1) is 5.10 Å². The Bertz CT molecular complexity index is 209. The van der Waals surface area contributed by atoms with E-state index >= 15 is 0 Å². The van der Waals surface area contributed by atoms with Crippen molar-refractivity contribution >= 4 is 23.3 Å². The van der Waals surface area contributed by atoms with Crippen molar-refractivity contribution in [2.75, 3.05) is 0 Å². The lowest BCUT2D eigenvalue weighted by molar-refractivity contribution is -0.119. The Morgan fingerprint density at radius 3 is 3.20 bits per heavy atom. The summed E-state index contributed by atoms with van der Waals surface area (Å²) in [5.41, 5.74) is 0. The molecule has 0 bridgehead atoms. The normalized spacial score (nSPS) is 9.30. The first-order valence-electron chi connectivity index (χ1n) is 2.84. The SMILES string of the molecule is CCC(=O)[N]c1csnn1. The van der Waals surface area contributed by atoms with Gasteiger partial charge < -0.3 is 0 Å². The van der Waals surface area contributed by atoms with E-state index in [0.717, 1.165) is 0 Å². The van der Waals surface area contributed by atoms with Gasteiger partial charge in [0, 0.05) is 6.42 Å². The molecule has 0 fully saturated rings. The number of hydrogen-bond donors (Lipinski definition) is 0.